The van der Waals surface area contributed by atoms with Gasteiger partial charge in [0.25, 0.3) is 0 Å². The largest absolute Gasteiger partial charge is 0.342 e. The minimum Gasteiger partial charge on any atom is -0.342 e. The van der Waals surface area contributed by atoms with E-state index in [1.807, 2.05) is 23.1 Å². The van der Waals surface area contributed by atoms with E-state index in [1.54, 1.807) is 25.3 Å². The van der Waals surface area contributed by atoms with E-state index in [-0.39, 0.29) is 29.5 Å². The van der Waals surface area contributed by atoms with E-state index in [9.17, 15) is 13.2 Å². The molecular weight excluding hydrogens is 418 g/mol. The van der Waals surface area contributed by atoms with Crippen LogP contribution in [0.1, 0.15) is 43.5 Å². The van der Waals surface area contributed by atoms with Crippen molar-refractivity contribution in [1.82, 2.24) is 14.2 Å². The van der Waals surface area contributed by atoms with E-state index in [0.29, 0.717) is 25.9 Å². The number of nitrogens with zero attached hydrogens (tertiary/aromatic N) is 3. The molecule has 1 aromatic carbocycles. The number of hydrogen-bond acceptors (Lipinski definition) is 5. The molecule has 1 fully saturated rings. The molecular formula is C22H29N3O3S2. The molecule has 1 amide bonds. The average Bonchev–Trinajstić information content (AvgIpc) is 3.22. The van der Waals surface area contributed by atoms with Crippen molar-refractivity contribution in [2.45, 2.75) is 44.6 Å². The summed E-state index contributed by atoms with van der Waals surface area (Å²) in [5.74, 6) is 0.314. The molecule has 1 aliphatic heterocycles. The van der Waals surface area contributed by atoms with Crippen LogP contribution in [0.25, 0.3) is 10.2 Å². The van der Waals surface area contributed by atoms with Crippen LogP contribution in [0.2, 0.25) is 0 Å². The maximum atomic E-state index is 13.4. The molecule has 2 atom stereocenters. The number of amides is 1. The van der Waals surface area contributed by atoms with Gasteiger partial charge in [-0.2, -0.15) is 0 Å². The first-order valence-electron chi connectivity index (χ1n) is 10.7. The molecule has 1 aliphatic carbocycles. The first-order valence-corrected chi connectivity index (χ1v) is 13.1. The molecule has 1 aromatic heterocycles. The summed E-state index contributed by atoms with van der Waals surface area (Å²) < 4.78 is 27.0. The predicted molar refractivity (Wildman–Crippen MR) is 121 cm³/mol. The molecule has 6 nitrogen and oxygen atoms in total. The number of likely N-dealkylation sites (tertiary alicyclic amines) is 1. The van der Waals surface area contributed by atoms with Gasteiger partial charge in [-0.05, 0) is 44.7 Å². The Morgan fingerprint density at radius 3 is 2.60 bits per heavy atom. The molecule has 0 N–H and O–H groups in total. The summed E-state index contributed by atoms with van der Waals surface area (Å²) in [6.45, 7) is 2.89. The number of allylic oxidation sites excluding steroid dienone is 2. The van der Waals surface area contributed by atoms with Crippen LogP contribution in [0.15, 0.2) is 36.4 Å². The fraction of sp³-hybridized carbons (Fsp3) is 0.545. The quantitative estimate of drug-likeness (QED) is 0.657. The fourth-order valence-corrected chi connectivity index (χ4v) is 6.74. The second-order valence-corrected chi connectivity index (χ2v) is 11.5. The van der Waals surface area contributed by atoms with Gasteiger partial charge in [0, 0.05) is 32.1 Å². The minimum absolute atomic E-state index is 0.0229. The summed E-state index contributed by atoms with van der Waals surface area (Å²) >= 11 is 1.69. The Labute approximate surface area is 182 Å². The van der Waals surface area contributed by atoms with Gasteiger partial charge in [-0.25, -0.2) is 17.7 Å². The van der Waals surface area contributed by atoms with Crippen LogP contribution in [0, 0.1) is 5.92 Å². The number of para-hydroxylation sites is 1. The van der Waals surface area contributed by atoms with Crippen molar-refractivity contribution < 1.29 is 13.2 Å². The van der Waals surface area contributed by atoms with Crippen LogP contribution in [-0.2, 0) is 14.8 Å². The van der Waals surface area contributed by atoms with Gasteiger partial charge >= 0.3 is 0 Å². The van der Waals surface area contributed by atoms with E-state index < -0.39 is 10.0 Å². The molecule has 162 valence electrons. The van der Waals surface area contributed by atoms with Crippen LogP contribution >= 0.6 is 11.3 Å². The number of sulfonamides is 1. The van der Waals surface area contributed by atoms with E-state index >= 15 is 0 Å². The monoisotopic (exact) mass is 447 g/mol. The van der Waals surface area contributed by atoms with Gasteiger partial charge in [0.15, 0.2) is 0 Å². The molecule has 0 bridgehead atoms. The topological polar surface area (TPSA) is 70.6 Å². The lowest BCUT2D eigenvalue weighted by atomic mass is 9.82. The molecule has 4 rings (SSSR count). The van der Waals surface area contributed by atoms with Crippen LogP contribution < -0.4 is 0 Å². The zero-order chi connectivity index (χ0) is 21.3. The second kappa shape index (κ2) is 8.77. The number of thiazole rings is 1. The number of aromatic nitrogens is 1. The summed E-state index contributed by atoms with van der Waals surface area (Å²) in [6.07, 6.45) is 7.23. The number of fused-ring (bicyclic) bond motifs is 1. The van der Waals surface area contributed by atoms with Gasteiger partial charge in [-0.1, -0.05) is 24.3 Å². The van der Waals surface area contributed by atoms with Crippen molar-refractivity contribution in [3.63, 3.8) is 0 Å². The van der Waals surface area contributed by atoms with Crippen molar-refractivity contribution in [3.05, 3.63) is 41.4 Å². The summed E-state index contributed by atoms with van der Waals surface area (Å²) in [6, 6.07) is 8.10. The van der Waals surface area contributed by atoms with E-state index in [4.69, 9.17) is 4.98 Å². The third-order valence-electron chi connectivity index (χ3n) is 6.47. The van der Waals surface area contributed by atoms with Crippen molar-refractivity contribution in [1.29, 1.82) is 0 Å². The molecule has 8 heteroatoms. The third-order valence-corrected chi connectivity index (χ3v) is 9.54. The number of rotatable bonds is 5. The molecule has 1 saturated heterocycles. The summed E-state index contributed by atoms with van der Waals surface area (Å²) in [5.41, 5.74) is 0.999. The van der Waals surface area contributed by atoms with Crippen molar-refractivity contribution in [2.24, 2.45) is 5.92 Å². The number of piperidine rings is 1. The number of carbonyl (C=O) groups excluding carboxylic acids is 1. The summed E-state index contributed by atoms with van der Waals surface area (Å²) in [4.78, 5) is 20.2. The molecule has 0 radical (unpaired) electrons. The average molecular weight is 448 g/mol. The minimum atomic E-state index is -3.20. The number of benzene rings is 1. The number of carbonyl (C=O) groups is 1. The van der Waals surface area contributed by atoms with Gasteiger partial charge in [-0.3, -0.25) is 4.79 Å². The van der Waals surface area contributed by atoms with Crippen LogP contribution in [0.4, 0.5) is 0 Å². The maximum Gasteiger partial charge on any atom is 0.226 e. The Bertz CT molecular complexity index is 1010. The highest BCUT2D eigenvalue weighted by atomic mass is 32.2. The highest BCUT2D eigenvalue weighted by Gasteiger charge is 2.37. The Morgan fingerprint density at radius 1 is 1.20 bits per heavy atom. The first-order chi connectivity index (χ1) is 14.4. The van der Waals surface area contributed by atoms with Gasteiger partial charge in [0.1, 0.15) is 0 Å². The lowest BCUT2D eigenvalue weighted by Gasteiger charge is -2.38. The van der Waals surface area contributed by atoms with Crippen LogP contribution in [0.5, 0.6) is 0 Å². The number of hydrogen-bond donors (Lipinski definition) is 0. The normalized spacial score (nSPS) is 23.4. The summed E-state index contributed by atoms with van der Waals surface area (Å²) in [5, 5.41) is 1.04. The highest BCUT2D eigenvalue weighted by Crippen LogP contribution is 2.39. The maximum absolute atomic E-state index is 13.4. The lowest BCUT2D eigenvalue weighted by Crippen LogP contribution is -2.49. The summed E-state index contributed by atoms with van der Waals surface area (Å²) in [7, 11) is -1.54. The van der Waals surface area contributed by atoms with Crippen molar-refractivity contribution in [2.75, 3.05) is 25.9 Å². The van der Waals surface area contributed by atoms with E-state index in [2.05, 4.69) is 18.2 Å². The van der Waals surface area contributed by atoms with Crippen LogP contribution in [0.3, 0.4) is 0 Å². The Morgan fingerprint density at radius 2 is 1.90 bits per heavy atom. The van der Waals surface area contributed by atoms with Crippen molar-refractivity contribution in [3.8, 4) is 0 Å². The van der Waals surface area contributed by atoms with Gasteiger partial charge < -0.3 is 4.90 Å². The Kier molecular flexibility index (Phi) is 6.27. The molecule has 2 aromatic rings. The smallest absolute Gasteiger partial charge is 0.226 e. The zero-order valence-electron chi connectivity index (χ0n) is 17.5. The Hall–Kier alpha value is -1.77. The van der Waals surface area contributed by atoms with Crippen LogP contribution in [-0.4, -0.2) is 60.4 Å². The SMILES string of the molecule is CCS(=O)(=O)N(C)C1CCN(C(=O)C2CC=CCC2c2nc3ccccc3s2)CC1. The standard InChI is InChI=1S/C22H29N3O3S2/c1-3-30(27,28)24(2)16-12-14-25(15-13-16)22(26)18-9-5-4-8-17(18)21-23-19-10-6-7-11-20(19)29-21/h4-7,10-11,16-18H,3,8-9,12-15H2,1-2H3. The molecule has 0 saturated carbocycles. The van der Waals surface area contributed by atoms with Gasteiger partial charge in [-0.15, -0.1) is 11.3 Å². The van der Waals surface area contributed by atoms with Crippen molar-refractivity contribution >= 4 is 37.5 Å². The van der Waals surface area contributed by atoms with E-state index in [0.717, 1.165) is 28.1 Å². The van der Waals surface area contributed by atoms with E-state index in [1.165, 1.54) is 4.31 Å². The van der Waals surface area contributed by atoms with Gasteiger partial charge in [0.2, 0.25) is 15.9 Å². The first kappa shape index (κ1) is 21.5. The molecule has 2 heterocycles. The third kappa shape index (κ3) is 4.18. The molecule has 30 heavy (non-hydrogen) atoms. The second-order valence-electron chi connectivity index (χ2n) is 8.15. The Balaban J connectivity index is 1.46. The van der Waals surface area contributed by atoms with Gasteiger partial charge in [0.05, 0.1) is 26.9 Å². The molecule has 2 unspecified atom stereocenters. The molecule has 2 aliphatic rings. The fourth-order valence-electron chi connectivity index (χ4n) is 4.52. The lowest BCUT2D eigenvalue weighted by molar-refractivity contribution is -0.137. The zero-order valence-corrected chi connectivity index (χ0v) is 19.2. The highest BCUT2D eigenvalue weighted by molar-refractivity contribution is 7.89. The molecule has 0 spiro atoms. The predicted octanol–water partition coefficient (Wildman–Crippen LogP) is 3.62.